The normalized spacial score (nSPS) is 25.2. The van der Waals surface area contributed by atoms with Crippen LogP contribution in [0.5, 0.6) is 0 Å². The van der Waals surface area contributed by atoms with Crippen molar-refractivity contribution in [3.63, 3.8) is 0 Å². The lowest BCUT2D eigenvalue weighted by Crippen LogP contribution is -2.32. The van der Waals surface area contributed by atoms with Crippen molar-refractivity contribution in [1.82, 2.24) is 0 Å². The van der Waals surface area contributed by atoms with Crippen LogP contribution in [0, 0.1) is 11.3 Å². The molecule has 1 aromatic carbocycles. The van der Waals surface area contributed by atoms with Gasteiger partial charge in [-0.25, -0.2) is 8.42 Å². The van der Waals surface area contributed by atoms with Gasteiger partial charge in [0.25, 0.3) is 0 Å². The summed E-state index contributed by atoms with van der Waals surface area (Å²) in [5, 5.41) is -0.187. The minimum absolute atomic E-state index is 0.187. The summed E-state index contributed by atoms with van der Waals surface area (Å²) in [6, 6.07) is 8.88. The summed E-state index contributed by atoms with van der Waals surface area (Å²) in [5.41, 5.74) is 0.293. The molecule has 19 heavy (non-hydrogen) atoms. The van der Waals surface area contributed by atoms with Crippen molar-refractivity contribution in [2.24, 2.45) is 11.3 Å². The molecule has 0 bridgehead atoms. The molecule has 106 valence electrons. The number of hydrogen-bond acceptors (Lipinski definition) is 2. The smallest absolute Gasteiger partial charge is 0.181 e. The van der Waals surface area contributed by atoms with E-state index in [0.29, 0.717) is 16.2 Å². The minimum atomic E-state index is -3.13. The second-order valence-electron chi connectivity index (χ2n) is 6.70. The highest BCUT2D eigenvalue weighted by Crippen LogP contribution is 2.40. The van der Waals surface area contributed by atoms with Crippen molar-refractivity contribution in [2.45, 2.75) is 56.6 Å². The first-order valence-corrected chi connectivity index (χ1v) is 8.65. The van der Waals surface area contributed by atoms with Crippen LogP contribution in [0.15, 0.2) is 35.2 Å². The van der Waals surface area contributed by atoms with Crippen molar-refractivity contribution >= 4 is 9.84 Å². The maximum Gasteiger partial charge on any atom is 0.181 e. The molecule has 0 radical (unpaired) electrons. The first-order valence-electron chi connectivity index (χ1n) is 7.11. The Morgan fingerprint density at radius 1 is 0.947 bits per heavy atom. The average Bonchev–Trinajstić information content (AvgIpc) is 2.39. The summed E-state index contributed by atoms with van der Waals surface area (Å²) in [7, 11) is -3.13. The lowest BCUT2D eigenvalue weighted by molar-refractivity contribution is 0.180. The van der Waals surface area contributed by atoms with Crippen LogP contribution >= 0.6 is 0 Å². The van der Waals surface area contributed by atoms with Gasteiger partial charge in [0.05, 0.1) is 10.1 Å². The van der Waals surface area contributed by atoms with Crippen LogP contribution in [0.1, 0.15) is 46.5 Å². The number of rotatable bonds is 2. The maximum atomic E-state index is 12.5. The van der Waals surface area contributed by atoms with Crippen LogP contribution < -0.4 is 0 Å². The van der Waals surface area contributed by atoms with Gasteiger partial charge in [-0.2, -0.15) is 0 Å². The second-order valence-corrected chi connectivity index (χ2v) is 8.93. The van der Waals surface area contributed by atoms with E-state index in [4.69, 9.17) is 0 Å². The van der Waals surface area contributed by atoms with Gasteiger partial charge in [-0.3, -0.25) is 0 Å². The molecule has 1 aliphatic rings. The molecule has 1 saturated carbocycles. The second kappa shape index (κ2) is 5.28. The number of sulfone groups is 1. The zero-order chi connectivity index (χ0) is 14.1. The zero-order valence-electron chi connectivity index (χ0n) is 12.1. The van der Waals surface area contributed by atoms with Crippen molar-refractivity contribution in [2.75, 3.05) is 0 Å². The fraction of sp³-hybridized carbons (Fsp3) is 0.625. The van der Waals surface area contributed by atoms with Gasteiger partial charge in [0.2, 0.25) is 0 Å². The number of benzene rings is 1. The summed E-state index contributed by atoms with van der Waals surface area (Å²) in [4.78, 5) is 0.481. The third kappa shape index (κ3) is 3.19. The molecule has 1 aliphatic carbocycles. The Bertz CT molecular complexity index is 503. The molecule has 0 spiro atoms. The molecule has 1 aromatic rings. The van der Waals surface area contributed by atoms with E-state index < -0.39 is 9.84 Å². The van der Waals surface area contributed by atoms with Crippen molar-refractivity contribution in [1.29, 1.82) is 0 Å². The van der Waals surface area contributed by atoms with E-state index >= 15 is 0 Å². The standard InChI is InChI=1S/C16H24O2S/c1-16(2,3)13-9-11-15(12-10-13)19(17,18)14-7-5-4-6-8-14/h4-8,13,15H,9-12H2,1-3H3. The van der Waals surface area contributed by atoms with Gasteiger partial charge >= 0.3 is 0 Å². The van der Waals surface area contributed by atoms with E-state index in [-0.39, 0.29) is 5.25 Å². The molecular weight excluding hydrogens is 256 g/mol. The highest BCUT2D eigenvalue weighted by atomic mass is 32.2. The molecule has 0 aliphatic heterocycles. The van der Waals surface area contributed by atoms with E-state index in [1.165, 1.54) is 0 Å². The maximum absolute atomic E-state index is 12.5. The molecule has 2 rings (SSSR count). The molecule has 0 aromatic heterocycles. The molecule has 0 amide bonds. The molecular formula is C16H24O2S. The Balaban J connectivity index is 2.10. The van der Waals surface area contributed by atoms with Gasteiger partial charge in [-0.15, -0.1) is 0 Å². The van der Waals surface area contributed by atoms with Crippen molar-refractivity contribution in [3.8, 4) is 0 Å². The summed E-state index contributed by atoms with van der Waals surface area (Å²) >= 11 is 0. The van der Waals surface area contributed by atoms with E-state index in [0.717, 1.165) is 25.7 Å². The Morgan fingerprint density at radius 3 is 1.95 bits per heavy atom. The molecule has 0 atom stereocenters. The zero-order valence-corrected chi connectivity index (χ0v) is 12.9. The largest absolute Gasteiger partial charge is 0.223 e. The Morgan fingerprint density at radius 2 is 1.47 bits per heavy atom. The third-order valence-electron chi connectivity index (χ3n) is 4.41. The highest BCUT2D eigenvalue weighted by molar-refractivity contribution is 7.92. The summed E-state index contributed by atoms with van der Waals surface area (Å²) in [6.45, 7) is 6.76. The summed E-state index contributed by atoms with van der Waals surface area (Å²) < 4.78 is 25.1. The van der Waals surface area contributed by atoms with Crippen molar-refractivity contribution in [3.05, 3.63) is 30.3 Å². The first-order chi connectivity index (χ1) is 8.82. The minimum Gasteiger partial charge on any atom is -0.223 e. The third-order valence-corrected chi connectivity index (χ3v) is 6.69. The van der Waals surface area contributed by atoms with Gasteiger partial charge in [0, 0.05) is 0 Å². The van der Waals surface area contributed by atoms with Gasteiger partial charge in [-0.1, -0.05) is 39.0 Å². The Hall–Kier alpha value is -0.830. The number of hydrogen-bond donors (Lipinski definition) is 0. The van der Waals surface area contributed by atoms with E-state index in [9.17, 15) is 8.42 Å². The van der Waals surface area contributed by atoms with E-state index in [1.807, 2.05) is 6.07 Å². The van der Waals surface area contributed by atoms with Crippen LogP contribution in [0.2, 0.25) is 0 Å². The van der Waals surface area contributed by atoms with E-state index in [1.54, 1.807) is 24.3 Å². The molecule has 0 N–H and O–H groups in total. The molecule has 3 heteroatoms. The van der Waals surface area contributed by atoms with Crippen LogP contribution in [-0.2, 0) is 9.84 Å². The van der Waals surface area contributed by atoms with Gasteiger partial charge < -0.3 is 0 Å². The fourth-order valence-corrected chi connectivity index (χ4v) is 4.86. The van der Waals surface area contributed by atoms with Crippen LogP contribution in [-0.4, -0.2) is 13.7 Å². The first kappa shape index (κ1) is 14.6. The topological polar surface area (TPSA) is 34.1 Å². The highest BCUT2D eigenvalue weighted by Gasteiger charge is 2.35. The lowest BCUT2D eigenvalue weighted by atomic mass is 9.72. The van der Waals surface area contributed by atoms with Crippen LogP contribution in [0.25, 0.3) is 0 Å². The van der Waals surface area contributed by atoms with Gasteiger partial charge in [0.1, 0.15) is 0 Å². The summed E-state index contributed by atoms with van der Waals surface area (Å²) in [6.07, 6.45) is 3.67. The molecule has 0 unspecified atom stereocenters. The predicted molar refractivity (Wildman–Crippen MR) is 78.8 cm³/mol. The SMILES string of the molecule is CC(C)(C)C1CCC(S(=O)(=O)c2ccccc2)CC1. The van der Waals surface area contributed by atoms with Crippen LogP contribution in [0.4, 0.5) is 0 Å². The predicted octanol–water partition coefficient (Wildman–Crippen LogP) is 4.07. The van der Waals surface area contributed by atoms with E-state index in [2.05, 4.69) is 20.8 Å². The average molecular weight is 280 g/mol. The Kier molecular flexibility index (Phi) is 4.05. The molecule has 1 fully saturated rings. The molecule has 0 heterocycles. The lowest BCUT2D eigenvalue weighted by Gasteiger charge is -2.36. The summed E-state index contributed by atoms with van der Waals surface area (Å²) in [5.74, 6) is 0.648. The quantitative estimate of drug-likeness (QED) is 0.818. The van der Waals surface area contributed by atoms with Gasteiger partial charge in [0.15, 0.2) is 9.84 Å². The van der Waals surface area contributed by atoms with Gasteiger partial charge in [-0.05, 0) is 49.1 Å². The molecule has 2 nitrogen and oxygen atoms in total. The Labute approximate surface area is 117 Å². The van der Waals surface area contributed by atoms with Crippen LogP contribution in [0.3, 0.4) is 0 Å². The van der Waals surface area contributed by atoms with Crippen molar-refractivity contribution < 1.29 is 8.42 Å². The fourth-order valence-electron chi connectivity index (χ4n) is 3.04. The molecule has 0 saturated heterocycles. The monoisotopic (exact) mass is 280 g/mol.